The molecule has 2 aromatic heterocycles. The van der Waals surface area contributed by atoms with Crippen LogP contribution in [0.1, 0.15) is 11.6 Å². The fraction of sp³-hybridized carbons (Fsp3) is 0. The summed E-state index contributed by atoms with van der Waals surface area (Å²) in [6.45, 7) is 3.34. The zero-order valence-electron chi connectivity index (χ0n) is 8.57. The summed E-state index contributed by atoms with van der Waals surface area (Å²) in [6.07, 6.45) is 2.77. The van der Waals surface area contributed by atoms with E-state index in [0.29, 0.717) is 11.6 Å². The number of hydrogen-bond acceptors (Lipinski definition) is 6. The minimum absolute atomic E-state index is 0.0724. The fourth-order valence-electron chi connectivity index (χ4n) is 0.948. The molecule has 0 aliphatic rings. The van der Waals surface area contributed by atoms with Crippen LogP contribution < -0.4 is 5.73 Å². The predicted molar refractivity (Wildman–Crippen MR) is 59.6 cm³/mol. The number of nitrogens with two attached hydrogens (primary N) is 1. The summed E-state index contributed by atoms with van der Waals surface area (Å²) in [6, 6.07) is 0. The smallest absolute Gasteiger partial charge is 0.218 e. The Morgan fingerprint density at radius 3 is 2.29 bits per heavy atom. The second kappa shape index (κ2) is 4.74. The SMILES string of the molecule is C=N/C(=N\N=C(/N)c1nnc[nH]1)c1nnc[nH]1. The summed E-state index contributed by atoms with van der Waals surface area (Å²) in [5.74, 6) is 0.900. The number of nitrogens with one attached hydrogen (secondary N) is 2. The van der Waals surface area contributed by atoms with Crippen LogP contribution >= 0.6 is 0 Å². The van der Waals surface area contributed by atoms with Gasteiger partial charge in [-0.05, 0) is 6.72 Å². The van der Waals surface area contributed by atoms with Crippen LogP contribution in [0.25, 0.3) is 0 Å². The van der Waals surface area contributed by atoms with Crippen LogP contribution in [0.2, 0.25) is 0 Å². The maximum absolute atomic E-state index is 5.60. The van der Waals surface area contributed by atoms with Crippen LogP contribution in [0.15, 0.2) is 27.8 Å². The maximum atomic E-state index is 5.60. The van der Waals surface area contributed by atoms with Gasteiger partial charge in [0.05, 0.1) is 0 Å². The molecule has 0 aliphatic heterocycles. The number of aliphatic imine (C=N–C) groups is 1. The molecule has 4 N–H and O–H groups in total. The summed E-state index contributed by atoms with van der Waals surface area (Å²) >= 11 is 0. The second-order valence-corrected chi connectivity index (χ2v) is 2.74. The first kappa shape index (κ1) is 10.6. The van der Waals surface area contributed by atoms with Crippen LogP contribution in [0.3, 0.4) is 0 Å². The molecule has 10 nitrogen and oxygen atoms in total. The molecule has 2 heterocycles. The van der Waals surface area contributed by atoms with Crippen molar-refractivity contribution in [3.8, 4) is 0 Å². The highest BCUT2D eigenvalue weighted by Crippen LogP contribution is 1.94. The number of nitrogens with zero attached hydrogens (tertiary/aromatic N) is 7. The van der Waals surface area contributed by atoms with Gasteiger partial charge in [0.25, 0.3) is 0 Å². The number of amidine groups is 2. The summed E-state index contributed by atoms with van der Waals surface area (Å²) in [5, 5.41) is 22.0. The second-order valence-electron chi connectivity index (χ2n) is 2.74. The van der Waals surface area contributed by atoms with E-state index in [1.54, 1.807) is 0 Å². The lowest BCUT2D eigenvalue weighted by molar-refractivity contribution is 1.06. The Hall–Kier alpha value is -2.91. The van der Waals surface area contributed by atoms with Gasteiger partial charge in [0.15, 0.2) is 11.7 Å². The topological polar surface area (TPSA) is 146 Å². The minimum Gasteiger partial charge on any atom is -0.379 e. The maximum Gasteiger partial charge on any atom is 0.218 e. The molecule has 0 aliphatic carbocycles. The van der Waals surface area contributed by atoms with E-state index >= 15 is 0 Å². The van der Waals surface area contributed by atoms with Gasteiger partial charge in [0, 0.05) is 0 Å². The molecule has 17 heavy (non-hydrogen) atoms. The summed E-state index contributed by atoms with van der Waals surface area (Å²) in [5.41, 5.74) is 5.60. The monoisotopic (exact) mass is 232 g/mol. The van der Waals surface area contributed by atoms with Crippen molar-refractivity contribution in [2.24, 2.45) is 20.9 Å². The van der Waals surface area contributed by atoms with Gasteiger partial charge in [-0.2, -0.15) is 0 Å². The van der Waals surface area contributed by atoms with Gasteiger partial charge < -0.3 is 15.7 Å². The van der Waals surface area contributed by atoms with Crippen LogP contribution in [0.4, 0.5) is 0 Å². The van der Waals surface area contributed by atoms with Crippen molar-refractivity contribution in [3.05, 3.63) is 24.3 Å². The molecule has 0 radical (unpaired) electrons. The van der Waals surface area contributed by atoms with Gasteiger partial charge in [-0.1, -0.05) is 0 Å². The van der Waals surface area contributed by atoms with E-state index in [4.69, 9.17) is 5.73 Å². The van der Waals surface area contributed by atoms with Gasteiger partial charge >= 0.3 is 0 Å². The normalized spacial score (nSPS) is 12.7. The minimum atomic E-state index is 0.0724. The molecule has 0 fully saturated rings. The first-order valence-electron chi connectivity index (χ1n) is 4.42. The molecule has 2 rings (SSSR count). The van der Waals surface area contributed by atoms with E-state index in [1.807, 2.05) is 0 Å². The number of aromatic amines is 2. The standard InChI is InChI=1S/C7H8N10/c1-9-6(7-11-3-13-16-7)17-14-4(8)5-10-2-12-15-5/h2-3H,1H2,(H2,8,14)(H,10,12,15)(H,11,13,16)/b17-6-. The van der Waals surface area contributed by atoms with Crippen molar-refractivity contribution in [1.82, 2.24) is 30.4 Å². The first-order valence-corrected chi connectivity index (χ1v) is 4.42. The van der Waals surface area contributed by atoms with E-state index in [1.165, 1.54) is 12.7 Å². The van der Waals surface area contributed by atoms with Crippen LogP contribution in [-0.4, -0.2) is 48.8 Å². The van der Waals surface area contributed by atoms with Gasteiger partial charge in [0.1, 0.15) is 12.7 Å². The van der Waals surface area contributed by atoms with Crippen LogP contribution in [-0.2, 0) is 0 Å². The lowest BCUT2D eigenvalue weighted by Crippen LogP contribution is -2.15. The van der Waals surface area contributed by atoms with Crippen molar-refractivity contribution in [2.45, 2.75) is 0 Å². The van der Waals surface area contributed by atoms with Gasteiger partial charge in [-0.3, -0.25) is 0 Å². The predicted octanol–water partition coefficient (Wildman–Crippen LogP) is -1.31. The highest BCUT2D eigenvalue weighted by Gasteiger charge is 2.05. The summed E-state index contributed by atoms with van der Waals surface area (Å²) in [4.78, 5) is 9.04. The fourth-order valence-corrected chi connectivity index (χ4v) is 0.948. The van der Waals surface area contributed by atoms with E-state index < -0.39 is 0 Å². The van der Waals surface area contributed by atoms with Crippen LogP contribution in [0.5, 0.6) is 0 Å². The summed E-state index contributed by atoms with van der Waals surface area (Å²) in [7, 11) is 0. The molecular formula is C7H8N10. The van der Waals surface area contributed by atoms with Crippen molar-refractivity contribution >= 4 is 18.4 Å². The average Bonchev–Trinajstić information content (AvgIpc) is 3.02. The lowest BCUT2D eigenvalue weighted by atomic mass is 10.5. The molecule has 0 saturated heterocycles. The van der Waals surface area contributed by atoms with Gasteiger partial charge in [-0.25, -0.2) is 4.99 Å². The molecule has 2 aromatic rings. The third-order valence-corrected chi connectivity index (χ3v) is 1.69. The molecule has 10 heteroatoms. The van der Waals surface area contributed by atoms with Crippen molar-refractivity contribution in [3.63, 3.8) is 0 Å². The Labute approximate surface area is 94.8 Å². The Bertz CT molecular complexity index is 533. The van der Waals surface area contributed by atoms with E-state index in [-0.39, 0.29) is 11.7 Å². The Morgan fingerprint density at radius 2 is 1.76 bits per heavy atom. The highest BCUT2D eigenvalue weighted by atomic mass is 15.3. The number of H-pyrrole nitrogens is 2. The molecule has 0 aromatic carbocycles. The molecule has 0 bridgehead atoms. The van der Waals surface area contributed by atoms with Crippen molar-refractivity contribution in [1.29, 1.82) is 0 Å². The third-order valence-electron chi connectivity index (χ3n) is 1.69. The third kappa shape index (κ3) is 2.37. The van der Waals surface area contributed by atoms with Crippen LogP contribution in [0, 0.1) is 0 Å². The Balaban J connectivity index is 2.24. The molecule has 0 amide bonds. The molecule has 0 spiro atoms. The largest absolute Gasteiger partial charge is 0.379 e. The van der Waals surface area contributed by atoms with E-state index in [2.05, 4.69) is 52.3 Å². The highest BCUT2D eigenvalue weighted by molar-refractivity contribution is 5.99. The zero-order chi connectivity index (χ0) is 12.1. The van der Waals surface area contributed by atoms with Gasteiger partial charge in [-0.15, -0.1) is 30.6 Å². The van der Waals surface area contributed by atoms with E-state index in [9.17, 15) is 0 Å². The molecular weight excluding hydrogens is 224 g/mol. The molecule has 0 unspecified atom stereocenters. The number of rotatable bonds is 3. The van der Waals surface area contributed by atoms with Crippen molar-refractivity contribution < 1.29 is 0 Å². The first-order chi connectivity index (χ1) is 8.31. The number of hydrogen-bond donors (Lipinski definition) is 3. The van der Waals surface area contributed by atoms with Gasteiger partial charge in [0.2, 0.25) is 11.7 Å². The molecule has 0 saturated carbocycles. The zero-order valence-corrected chi connectivity index (χ0v) is 8.57. The van der Waals surface area contributed by atoms with E-state index in [0.717, 1.165) is 0 Å². The van der Waals surface area contributed by atoms with Crippen molar-refractivity contribution in [2.75, 3.05) is 0 Å². The Morgan fingerprint density at radius 1 is 1.12 bits per heavy atom. The Kier molecular flexibility index (Phi) is 2.96. The summed E-state index contributed by atoms with van der Waals surface area (Å²) < 4.78 is 0. The molecule has 0 atom stereocenters. The molecule has 86 valence electrons. The quantitative estimate of drug-likeness (QED) is 0.341. The number of aromatic nitrogens is 6. The average molecular weight is 232 g/mol. The lowest BCUT2D eigenvalue weighted by Gasteiger charge is -1.92.